The monoisotopic (exact) mass is 331 g/mol. The Labute approximate surface area is 130 Å². The van der Waals surface area contributed by atoms with Gasteiger partial charge in [0, 0.05) is 7.11 Å². The highest BCUT2D eigenvalue weighted by Gasteiger charge is 2.30. The highest BCUT2D eigenvalue weighted by Crippen LogP contribution is 2.43. The maximum absolute atomic E-state index is 12.7. The number of benzene rings is 1. The first-order valence-corrected chi connectivity index (χ1v) is 8.67. The van der Waals surface area contributed by atoms with Crippen LogP contribution in [-0.4, -0.2) is 37.2 Å². The fraction of sp³-hybridized carbons (Fsp3) is 0.500. The Balaban J connectivity index is 2.80. The number of esters is 1. The topological polar surface area (TPSA) is 94.1 Å². The zero-order valence-corrected chi connectivity index (χ0v) is 13.8. The molecule has 2 N–H and O–H groups in total. The maximum Gasteiger partial charge on any atom is 0.342 e. The van der Waals surface area contributed by atoms with E-state index < -0.39 is 19.5 Å². The maximum atomic E-state index is 12.7. The average molecular weight is 331 g/mol. The van der Waals surface area contributed by atoms with E-state index in [1.807, 2.05) is 0 Å². The molecule has 0 saturated carbocycles. The molecule has 1 aromatic rings. The van der Waals surface area contributed by atoms with Crippen molar-refractivity contribution in [3.63, 3.8) is 0 Å². The summed E-state index contributed by atoms with van der Waals surface area (Å²) in [6.07, 6.45) is -0.196. The Kier molecular flexibility index (Phi) is 7.55. The van der Waals surface area contributed by atoms with Crippen LogP contribution in [0.15, 0.2) is 24.3 Å². The van der Waals surface area contributed by atoms with E-state index in [-0.39, 0.29) is 19.6 Å². The van der Waals surface area contributed by atoms with Gasteiger partial charge < -0.3 is 19.1 Å². The Morgan fingerprint density at radius 1 is 1.36 bits per heavy atom. The van der Waals surface area contributed by atoms with Gasteiger partial charge in [0.1, 0.15) is 18.1 Å². The molecule has 0 spiro atoms. The van der Waals surface area contributed by atoms with Crippen molar-refractivity contribution in [2.75, 3.05) is 20.1 Å². The number of aliphatic hydroxyl groups is 1. The van der Waals surface area contributed by atoms with Crippen molar-refractivity contribution in [1.82, 2.24) is 5.09 Å². The molecular formula is C14H22NO6P. The number of ether oxygens (including phenoxy) is 2. The molecule has 0 radical (unpaired) electrons. The van der Waals surface area contributed by atoms with Gasteiger partial charge in [0.2, 0.25) is 0 Å². The Morgan fingerprint density at radius 2 is 2.00 bits per heavy atom. The van der Waals surface area contributed by atoms with Crippen LogP contribution < -0.4 is 9.61 Å². The number of hydrogen-bond acceptors (Lipinski definition) is 6. The zero-order valence-electron chi connectivity index (χ0n) is 12.9. The van der Waals surface area contributed by atoms with Gasteiger partial charge in [-0.2, -0.15) is 0 Å². The number of aliphatic hydroxyl groups excluding tert-OH is 1. The predicted molar refractivity (Wildman–Crippen MR) is 81.7 cm³/mol. The summed E-state index contributed by atoms with van der Waals surface area (Å²) in [5.41, 5.74) is 0.710. The van der Waals surface area contributed by atoms with Gasteiger partial charge in [-0.25, -0.2) is 5.09 Å². The molecule has 1 aromatic carbocycles. The summed E-state index contributed by atoms with van der Waals surface area (Å²) in [5, 5.41) is 11.6. The van der Waals surface area contributed by atoms with Crippen LogP contribution in [0.2, 0.25) is 0 Å². The summed E-state index contributed by atoms with van der Waals surface area (Å²) in [4.78, 5) is 11.6. The molecule has 0 fully saturated rings. The highest BCUT2D eigenvalue weighted by atomic mass is 31.2. The van der Waals surface area contributed by atoms with E-state index in [4.69, 9.17) is 19.1 Å². The second-order valence-corrected chi connectivity index (χ2v) is 6.63. The van der Waals surface area contributed by atoms with E-state index in [1.54, 1.807) is 38.1 Å². The molecule has 0 saturated heterocycles. The SMILES string of the molecule is CCOC(=O)C(C)NP(=O)(COC)Oc1ccc(CO)cc1. The van der Waals surface area contributed by atoms with Gasteiger partial charge in [-0.05, 0) is 31.5 Å². The van der Waals surface area contributed by atoms with E-state index in [9.17, 15) is 9.36 Å². The van der Waals surface area contributed by atoms with Crippen molar-refractivity contribution in [2.24, 2.45) is 0 Å². The van der Waals surface area contributed by atoms with Gasteiger partial charge in [-0.1, -0.05) is 12.1 Å². The van der Waals surface area contributed by atoms with Gasteiger partial charge in [0.25, 0.3) is 0 Å². The molecular weight excluding hydrogens is 309 g/mol. The molecule has 0 aliphatic rings. The quantitative estimate of drug-likeness (QED) is 0.527. The molecule has 124 valence electrons. The number of nitrogens with one attached hydrogen (secondary N) is 1. The third kappa shape index (κ3) is 5.77. The van der Waals surface area contributed by atoms with Crippen molar-refractivity contribution < 1.29 is 28.5 Å². The minimum Gasteiger partial charge on any atom is -0.465 e. The molecule has 22 heavy (non-hydrogen) atoms. The predicted octanol–water partition coefficient (Wildman–Crippen LogP) is 1.90. The lowest BCUT2D eigenvalue weighted by molar-refractivity contribution is -0.144. The van der Waals surface area contributed by atoms with E-state index >= 15 is 0 Å². The highest BCUT2D eigenvalue weighted by molar-refractivity contribution is 7.57. The summed E-state index contributed by atoms with van der Waals surface area (Å²) in [6.45, 7) is 3.38. The molecule has 8 heteroatoms. The van der Waals surface area contributed by atoms with Crippen molar-refractivity contribution in [3.8, 4) is 5.75 Å². The second kappa shape index (κ2) is 8.90. The molecule has 0 aromatic heterocycles. The Hall–Kier alpha value is -1.40. The van der Waals surface area contributed by atoms with Crippen LogP contribution in [0.5, 0.6) is 5.75 Å². The fourth-order valence-electron chi connectivity index (χ4n) is 1.70. The lowest BCUT2D eigenvalue weighted by Gasteiger charge is -2.22. The number of carbonyl (C=O) groups is 1. The van der Waals surface area contributed by atoms with Crippen LogP contribution in [0.25, 0.3) is 0 Å². The zero-order chi connectivity index (χ0) is 16.6. The third-order valence-corrected chi connectivity index (χ3v) is 4.57. The molecule has 0 bridgehead atoms. The second-order valence-electron chi connectivity index (χ2n) is 4.59. The average Bonchev–Trinajstić information content (AvgIpc) is 2.48. The third-order valence-electron chi connectivity index (χ3n) is 2.69. The molecule has 2 atom stereocenters. The minimum atomic E-state index is -3.43. The normalized spacial score (nSPS) is 14.9. The first-order chi connectivity index (χ1) is 10.4. The van der Waals surface area contributed by atoms with Crippen LogP contribution in [0.4, 0.5) is 0 Å². The van der Waals surface area contributed by atoms with E-state index in [2.05, 4.69) is 5.09 Å². The van der Waals surface area contributed by atoms with E-state index in [0.29, 0.717) is 11.3 Å². The number of hydrogen-bond donors (Lipinski definition) is 2. The molecule has 0 amide bonds. The summed E-state index contributed by atoms with van der Waals surface area (Å²) < 4.78 is 28.0. The van der Waals surface area contributed by atoms with Gasteiger partial charge >= 0.3 is 13.5 Å². The van der Waals surface area contributed by atoms with Gasteiger partial charge in [0.15, 0.2) is 0 Å². The number of rotatable bonds is 9. The van der Waals surface area contributed by atoms with E-state index in [1.165, 1.54) is 7.11 Å². The lowest BCUT2D eigenvalue weighted by atomic mass is 10.2. The van der Waals surface area contributed by atoms with E-state index in [0.717, 1.165) is 0 Å². The van der Waals surface area contributed by atoms with Crippen LogP contribution >= 0.6 is 7.52 Å². The molecule has 0 aliphatic carbocycles. The molecule has 2 unspecified atom stereocenters. The summed E-state index contributed by atoms with van der Waals surface area (Å²) in [6, 6.07) is 5.69. The summed E-state index contributed by atoms with van der Waals surface area (Å²) in [7, 11) is -2.04. The van der Waals surface area contributed by atoms with Crippen LogP contribution in [0.3, 0.4) is 0 Å². The van der Waals surface area contributed by atoms with Crippen molar-refractivity contribution in [2.45, 2.75) is 26.5 Å². The number of carbonyl (C=O) groups excluding carboxylic acids is 1. The first-order valence-electron chi connectivity index (χ1n) is 6.86. The van der Waals surface area contributed by atoms with Crippen molar-refractivity contribution in [3.05, 3.63) is 29.8 Å². The first kappa shape index (κ1) is 18.6. The van der Waals surface area contributed by atoms with Crippen LogP contribution in [0.1, 0.15) is 19.4 Å². The smallest absolute Gasteiger partial charge is 0.342 e. The van der Waals surface area contributed by atoms with Crippen LogP contribution in [-0.2, 0) is 25.4 Å². The lowest BCUT2D eigenvalue weighted by Crippen LogP contribution is -2.35. The van der Waals surface area contributed by atoms with Crippen molar-refractivity contribution in [1.29, 1.82) is 0 Å². The van der Waals surface area contributed by atoms with Crippen LogP contribution in [0, 0.1) is 0 Å². The minimum absolute atomic E-state index is 0.0891. The largest absolute Gasteiger partial charge is 0.465 e. The molecule has 7 nitrogen and oxygen atoms in total. The van der Waals surface area contributed by atoms with Gasteiger partial charge in [0.05, 0.1) is 13.2 Å². The summed E-state index contributed by atoms with van der Waals surface area (Å²) >= 11 is 0. The molecule has 0 aliphatic heterocycles. The Morgan fingerprint density at radius 3 is 2.50 bits per heavy atom. The number of methoxy groups -OCH3 is 1. The Bertz CT molecular complexity index is 519. The molecule has 0 heterocycles. The van der Waals surface area contributed by atoms with Gasteiger partial charge in [-0.3, -0.25) is 9.36 Å². The van der Waals surface area contributed by atoms with Gasteiger partial charge in [-0.15, -0.1) is 0 Å². The summed E-state index contributed by atoms with van der Waals surface area (Å²) in [5.74, 6) is -0.167. The standard InChI is InChI=1S/C14H22NO6P/c1-4-20-14(17)11(2)15-22(18,10-19-3)21-13-7-5-12(9-16)6-8-13/h5-8,11,16H,4,9-10H2,1-3H3,(H,15,18). The fourth-order valence-corrected chi connectivity index (χ4v) is 3.38. The molecule has 1 rings (SSSR count). The van der Waals surface area contributed by atoms with Crippen molar-refractivity contribution >= 4 is 13.5 Å².